The first-order chi connectivity index (χ1) is 9.20. The maximum absolute atomic E-state index is 11.7. The summed E-state index contributed by atoms with van der Waals surface area (Å²) < 4.78 is 6.95. The second-order valence-electron chi connectivity index (χ2n) is 4.19. The van der Waals surface area contributed by atoms with Crippen LogP contribution in [0.15, 0.2) is 45.7 Å². The Labute approximate surface area is 110 Å². The van der Waals surface area contributed by atoms with E-state index in [-0.39, 0.29) is 17.2 Å². The van der Waals surface area contributed by atoms with Crippen molar-refractivity contribution in [1.82, 2.24) is 9.88 Å². The quantitative estimate of drug-likeness (QED) is 0.888. The van der Waals surface area contributed by atoms with Gasteiger partial charge in [-0.1, -0.05) is 13.0 Å². The molecular weight excluding hydrogens is 244 g/mol. The highest BCUT2D eigenvalue weighted by molar-refractivity contribution is 5.91. The predicted octanol–water partition coefficient (Wildman–Crippen LogP) is 1.63. The highest BCUT2D eigenvalue weighted by Gasteiger charge is 2.10. The molecule has 5 nitrogen and oxygen atoms in total. The molecule has 5 heteroatoms. The van der Waals surface area contributed by atoms with Crippen molar-refractivity contribution in [3.8, 4) is 0 Å². The van der Waals surface area contributed by atoms with Gasteiger partial charge in [0.2, 0.25) is 0 Å². The van der Waals surface area contributed by atoms with E-state index in [1.807, 2.05) is 6.92 Å². The Morgan fingerprint density at radius 3 is 2.89 bits per heavy atom. The van der Waals surface area contributed by atoms with Gasteiger partial charge in [-0.05, 0) is 24.6 Å². The Bertz CT molecular complexity index is 613. The molecule has 0 unspecified atom stereocenters. The lowest BCUT2D eigenvalue weighted by atomic mass is 10.4. The van der Waals surface area contributed by atoms with Crippen LogP contribution in [0.1, 0.15) is 29.7 Å². The van der Waals surface area contributed by atoms with Crippen LogP contribution in [0.25, 0.3) is 0 Å². The fourth-order valence-corrected chi connectivity index (χ4v) is 1.67. The first-order valence-corrected chi connectivity index (χ1v) is 6.23. The molecule has 100 valence electrons. The van der Waals surface area contributed by atoms with Crippen LogP contribution in [0.2, 0.25) is 0 Å². The molecule has 0 aliphatic carbocycles. The monoisotopic (exact) mass is 260 g/mol. The minimum absolute atomic E-state index is 0.101. The van der Waals surface area contributed by atoms with Crippen LogP contribution in [0.3, 0.4) is 0 Å². The van der Waals surface area contributed by atoms with Gasteiger partial charge in [0.1, 0.15) is 5.76 Å². The van der Waals surface area contributed by atoms with Crippen molar-refractivity contribution in [3.63, 3.8) is 0 Å². The number of amides is 1. The number of nitrogens with zero attached hydrogens (tertiary/aromatic N) is 1. The Balaban J connectivity index is 2.07. The summed E-state index contributed by atoms with van der Waals surface area (Å²) in [6.45, 7) is 2.92. The van der Waals surface area contributed by atoms with Gasteiger partial charge in [-0.25, -0.2) is 0 Å². The maximum Gasteiger partial charge on any atom is 0.286 e. The Kier molecular flexibility index (Phi) is 4.18. The Morgan fingerprint density at radius 2 is 2.16 bits per heavy atom. The summed E-state index contributed by atoms with van der Waals surface area (Å²) in [5.41, 5.74) is -0.101. The smallest absolute Gasteiger partial charge is 0.286 e. The Hall–Kier alpha value is -2.30. The topological polar surface area (TPSA) is 64.2 Å². The SMILES string of the molecule is CCCNC(=O)c1ccc(Cn2ccccc2=O)o1. The average Bonchev–Trinajstić information content (AvgIpc) is 2.87. The standard InChI is InChI=1S/C14H16N2O3/c1-2-8-15-14(18)12-7-6-11(19-12)10-16-9-4-3-5-13(16)17/h3-7,9H,2,8,10H2,1H3,(H,15,18). The highest BCUT2D eigenvalue weighted by atomic mass is 16.4. The minimum Gasteiger partial charge on any atom is -0.454 e. The van der Waals surface area contributed by atoms with Crippen molar-refractivity contribution in [2.75, 3.05) is 6.54 Å². The van der Waals surface area contributed by atoms with Crippen molar-refractivity contribution in [2.45, 2.75) is 19.9 Å². The van der Waals surface area contributed by atoms with Crippen LogP contribution in [-0.4, -0.2) is 17.0 Å². The van der Waals surface area contributed by atoms with Crippen LogP contribution in [0.5, 0.6) is 0 Å². The van der Waals surface area contributed by atoms with Crippen molar-refractivity contribution >= 4 is 5.91 Å². The number of hydrogen-bond donors (Lipinski definition) is 1. The van der Waals surface area contributed by atoms with Gasteiger partial charge < -0.3 is 14.3 Å². The lowest BCUT2D eigenvalue weighted by molar-refractivity contribution is 0.0924. The molecule has 0 saturated heterocycles. The molecule has 0 fully saturated rings. The van der Waals surface area contributed by atoms with Crippen molar-refractivity contribution in [2.24, 2.45) is 0 Å². The van der Waals surface area contributed by atoms with E-state index < -0.39 is 0 Å². The normalized spacial score (nSPS) is 10.4. The number of furan rings is 1. The van der Waals surface area contributed by atoms with Gasteiger partial charge >= 0.3 is 0 Å². The average molecular weight is 260 g/mol. The first kappa shape index (κ1) is 13.1. The third-order valence-corrected chi connectivity index (χ3v) is 2.65. The van der Waals surface area contributed by atoms with Gasteiger partial charge in [-0.15, -0.1) is 0 Å². The molecule has 19 heavy (non-hydrogen) atoms. The molecule has 2 heterocycles. The number of carbonyl (C=O) groups is 1. The third-order valence-electron chi connectivity index (χ3n) is 2.65. The summed E-state index contributed by atoms with van der Waals surface area (Å²) in [5, 5.41) is 2.74. The molecule has 2 aromatic heterocycles. The summed E-state index contributed by atoms with van der Waals surface area (Å²) in [6.07, 6.45) is 2.56. The molecule has 2 aromatic rings. The molecule has 0 aliphatic heterocycles. The minimum atomic E-state index is -0.228. The zero-order chi connectivity index (χ0) is 13.7. The van der Waals surface area contributed by atoms with E-state index in [4.69, 9.17) is 4.42 Å². The fraction of sp³-hybridized carbons (Fsp3) is 0.286. The zero-order valence-corrected chi connectivity index (χ0v) is 10.8. The van der Waals surface area contributed by atoms with E-state index in [1.54, 1.807) is 30.5 Å². The molecule has 1 N–H and O–H groups in total. The molecule has 0 saturated carbocycles. The van der Waals surface area contributed by atoms with E-state index in [9.17, 15) is 9.59 Å². The van der Waals surface area contributed by atoms with E-state index in [0.717, 1.165) is 6.42 Å². The molecule has 0 bridgehead atoms. The third kappa shape index (κ3) is 3.34. The number of rotatable bonds is 5. The summed E-state index contributed by atoms with van der Waals surface area (Å²) in [7, 11) is 0. The van der Waals surface area contributed by atoms with Crippen LogP contribution < -0.4 is 10.9 Å². The highest BCUT2D eigenvalue weighted by Crippen LogP contribution is 2.08. The molecule has 0 aliphatic rings. The van der Waals surface area contributed by atoms with E-state index in [1.165, 1.54) is 10.6 Å². The summed E-state index contributed by atoms with van der Waals surface area (Å²) >= 11 is 0. The number of hydrogen-bond acceptors (Lipinski definition) is 3. The van der Waals surface area contributed by atoms with E-state index in [0.29, 0.717) is 18.8 Å². The van der Waals surface area contributed by atoms with Crippen molar-refractivity contribution in [3.05, 3.63) is 58.4 Å². The fourth-order valence-electron chi connectivity index (χ4n) is 1.67. The maximum atomic E-state index is 11.7. The molecule has 0 radical (unpaired) electrons. The molecule has 1 amide bonds. The summed E-state index contributed by atoms with van der Waals surface area (Å²) in [4.78, 5) is 23.2. The number of pyridine rings is 1. The molecule has 0 spiro atoms. The van der Waals surface area contributed by atoms with Gasteiger partial charge in [0.25, 0.3) is 11.5 Å². The van der Waals surface area contributed by atoms with Crippen molar-refractivity contribution in [1.29, 1.82) is 0 Å². The van der Waals surface area contributed by atoms with Gasteiger partial charge in [-0.2, -0.15) is 0 Å². The largest absolute Gasteiger partial charge is 0.454 e. The summed E-state index contributed by atoms with van der Waals surface area (Å²) in [5.74, 6) is 0.621. The van der Waals surface area contributed by atoms with Gasteiger partial charge in [0.15, 0.2) is 5.76 Å². The lowest BCUT2D eigenvalue weighted by Crippen LogP contribution is -2.23. The van der Waals surface area contributed by atoms with Gasteiger partial charge in [-0.3, -0.25) is 9.59 Å². The second kappa shape index (κ2) is 6.04. The van der Waals surface area contributed by atoms with Crippen LogP contribution in [-0.2, 0) is 6.54 Å². The first-order valence-electron chi connectivity index (χ1n) is 6.23. The summed E-state index contributed by atoms with van der Waals surface area (Å²) in [6, 6.07) is 8.27. The molecule has 0 atom stereocenters. The van der Waals surface area contributed by atoms with Crippen LogP contribution in [0.4, 0.5) is 0 Å². The predicted molar refractivity (Wildman–Crippen MR) is 71.1 cm³/mol. The number of nitrogens with one attached hydrogen (secondary N) is 1. The lowest BCUT2D eigenvalue weighted by Gasteiger charge is -2.02. The number of carbonyl (C=O) groups excluding carboxylic acids is 1. The second-order valence-corrected chi connectivity index (χ2v) is 4.19. The Morgan fingerprint density at radius 1 is 1.32 bits per heavy atom. The van der Waals surface area contributed by atoms with E-state index in [2.05, 4.69) is 5.32 Å². The molecular formula is C14H16N2O3. The van der Waals surface area contributed by atoms with Gasteiger partial charge in [0, 0.05) is 18.8 Å². The molecule has 0 aromatic carbocycles. The zero-order valence-electron chi connectivity index (χ0n) is 10.8. The van der Waals surface area contributed by atoms with Crippen LogP contribution in [0, 0.1) is 0 Å². The van der Waals surface area contributed by atoms with E-state index >= 15 is 0 Å². The number of aromatic nitrogens is 1. The van der Waals surface area contributed by atoms with Crippen LogP contribution >= 0.6 is 0 Å². The van der Waals surface area contributed by atoms with Gasteiger partial charge in [0.05, 0.1) is 6.54 Å². The van der Waals surface area contributed by atoms with Crippen molar-refractivity contribution < 1.29 is 9.21 Å². The molecule has 2 rings (SSSR count).